The molecule has 1 atom stereocenters. The molecule has 2 amide bonds. The van der Waals surface area contributed by atoms with Gasteiger partial charge in [-0.1, -0.05) is 61.5 Å². The fourth-order valence-corrected chi connectivity index (χ4v) is 5.79. The third-order valence-corrected chi connectivity index (χ3v) is 8.16. The van der Waals surface area contributed by atoms with Gasteiger partial charge in [-0.3, -0.25) is 13.9 Å². The molecule has 41 heavy (non-hydrogen) atoms. The van der Waals surface area contributed by atoms with E-state index in [0.717, 1.165) is 17.7 Å². The molecule has 0 bridgehead atoms. The lowest BCUT2D eigenvalue weighted by Gasteiger charge is -2.33. The summed E-state index contributed by atoms with van der Waals surface area (Å²) in [6, 6.07) is 19.1. The van der Waals surface area contributed by atoms with Crippen molar-refractivity contribution < 1.29 is 31.2 Å². The predicted molar refractivity (Wildman–Crippen MR) is 152 cm³/mol. The van der Waals surface area contributed by atoms with Crippen molar-refractivity contribution in [2.24, 2.45) is 0 Å². The van der Waals surface area contributed by atoms with Crippen LogP contribution in [0, 0.1) is 0 Å². The van der Waals surface area contributed by atoms with Crippen molar-refractivity contribution >= 4 is 27.5 Å². The normalized spacial score (nSPS) is 12.6. The molecule has 0 spiro atoms. The largest absolute Gasteiger partial charge is 0.416 e. The van der Waals surface area contributed by atoms with Gasteiger partial charge in [-0.05, 0) is 62.6 Å². The van der Waals surface area contributed by atoms with Crippen molar-refractivity contribution in [3.8, 4) is 0 Å². The molecular formula is C30H34F3N3O4S. The molecule has 0 aliphatic heterocycles. The number of sulfonamides is 1. The van der Waals surface area contributed by atoms with Gasteiger partial charge < -0.3 is 10.2 Å². The second kappa shape index (κ2) is 13.7. The lowest BCUT2D eigenvalue weighted by molar-refractivity contribution is -0.139. The summed E-state index contributed by atoms with van der Waals surface area (Å²) in [7, 11) is -4.47. The van der Waals surface area contributed by atoms with Crippen LogP contribution in [0.1, 0.15) is 38.3 Å². The van der Waals surface area contributed by atoms with E-state index in [1.54, 1.807) is 26.8 Å². The van der Waals surface area contributed by atoms with Gasteiger partial charge in [0.15, 0.2) is 0 Å². The van der Waals surface area contributed by atoms with Crippen molar-refractivity contribution in [2.45, 2.75) is 56.8 Å². The summed E-state index contributed by atoms with van der Waals surface area (Å²) >= 11 is 0. The van der Waals surface area contributed by atoms with Crippen molar-refractivity contribution in [1.82, 2.24) is 10.2 Å². The van der Waals surface area contributed by atoms with Crippen molar-refractivity contribution in [3.63, 3.8) is 0 Å². The third kappa shape index (κ3) is 8.32. The minimum absolute atomic E-state index is 0.0919. The zero-order valence-electron chi connectivity index (χ0n) is 23.1. The number of alkyl halides is 3. The van der Waals surface area contributed by atoms with Crippen molar-refractivity contribution in [3.05, 3.63) is 96.1 Å². The van der Waals surface area contributed by atoms with Crippen molar-refractivity contribution in [1.29, 1.82) is 0 Å². The number of hydrogen-bond donors (Lipinski definition) is 1. The Labute approximate surface area is 239 Å². The number of nitrogens with one attached hydrogen (secondary N) is 1. The van der Waals surface area contributed by atoms with E-state index in [0.29, 0.717) is 16.8 Å². The van der Waals surface area contributed by atoms with Crippen LogP contribution in [-0.4, -0.2) is 50.3 Å². The predicted octanol–water partition coefficient (Wildman–Crippen LogP) is 5.28. The van der Waals surface area contributed by atoms with Crippen LogP contribution in [0.2, 0.25) is 0 Å². The lowest BCUT2D eigenvalue weighted by atomic mass is 10.1. The van der Waals surface area contributed by atoms with Gasteiger partial charge in [-0.15, -0.1) is 0 Å². The first-order valence-electron chi connectivity index (χ1n) is 13.2. The van der Waals surface area contributed by atoms with Crippen molar-refractivity contribution in [2.75, 3.05) is 17.4 Å². The molecule has 0 radical (unpaired) electrons. The Morgan fingerprint density at radius 3 is 2.07 bits per heavy atom. The molecule has 11 heteroatoms. The Bertz CT molecular complexity index is 1420. The molecule has 3 aromatic rings. The van der Waals surface area contributed by atoms with E-state index in [4.69, 9.17) is 0 Å². The summed E-state index contributed by atoms with van der Waals surface area (Å²) in [4.78, 5) is 28.1. The average Bonchev–Trinajstić information content (AvgIpc) is 2.94. The molecule has 3 rings (SSSR count). The number of rotatable bonds is 12. The van der Waals surface area contributed by atoms with Gasteiger partial charge in [0.2, 0.25) is 11.8 Å². The number of carbonyl (C=O) groups is 2. The fourth-order valence-electron chi connectivity index (χ4n) is 4.36. The van der Waals surface area contributed by atoms with Crippen LogP contribution in [0.5, 0.6) is 0 Å². The summed E-state index contributed by atoms with van der Waals surface area (Å²) < 4.78 is 68.8. The number of nitrogens with zero attached hydrogens (tertiary/aromatic N) is 2. The van der Waals surface area contributed by atoms with Gasteiger partial charge in [0, 0.05) is 12.6 Å². The number of hydrogen-bond acceptors (Lipinski definition) is 4. The monoisotopic (exact) mass is 589 g/mol. The van der Waals surface area contributed by atoms with Crippen LogP contribution in [0.3, 0.4) is 0 Å². The number of carbonyl (C=O) groups excluding carboxylic acids is 2. The van der Waals surface area contributed by atoms with Gasteiger partial charge in [0.05, 0.1) is 16.1 Å². The summed E-state index contributed by atoms with van der Waals surface area (Å²) in [6.45, 7) is 4.58. The second-order valence-electron chi connectivity index (χ2n) is 9.78. The van der Waals surface area contributed by atoms with Crippen LogP contribution in [0.4, 0.5) is 18.9 Å². The zero-order valence-corrected chi connectivity index (χ0v) is 24.0. The summed E-state index contributed by atoms with van der Waals surface area (Å²) in [5, 5.41) is 2.80. The van der Waals surface area contributed by atoms with Crippen LogP contribution in [-0.2, 0) is 32.2 Å². The first kappa shape index (κ1) is 31.7. The molecular weight excluding hydrogens is 555 g/mol. The van der Waals surface area contributed by atoms with Crippen LogP contribution in [0.25, 0.3) is 0 Å². The number of amides is 2. The minimum atomic E-state index is -4.73. The molecule has 0 aliphatic carbocycles. The van der Waals surface area contributed by atoms with E-state index in [-0.39, 0.29) is 29.6 Å². The maximum atomic E-state index is 13.9. The lowest BCUT2D eigenvalue weighted by Crippen LogP contribution is -2.54. The van der Waals surface area contributed by atoms with E-state index >= 15 is 0 Å². The van der Waals surface area contributed by atoms with Gasteiger partial charge in [-0.25, -0.2) is 8.42 Å². The highest BCUT2D eigenvalue weighted by Crippen LogP contribution is 2.33. The topological polar surface area (TPSA) is 86.8 Å². The zero-order chi connectivity index (χ0) is 30.2. The third-order valence-electron chi connectivity index (χ3n) is 6.37. The molecule has 0 saturated carbocycles. The molecule has 3 aromatic carbocycles. The van der Waals surface area contributed by atoms with E-state index in [9.17, 15) is 31.2 Å². The van der Waals surface area contributed by atoms with Crippen LogP contribution >= 0.6 is 0 Å². The number of halogens is 3. The van der Waals surface area contributed by atoms with Gasteiger partial charge in [-0.2, -0.15) is 13.2 Å². The standard InChI is InChI=1S/C30H34F3N3O4S/c1-4-27(29(38)34-22(2)3)35(19-18-23-12-7-5-8-13-23)28(37)21-36(41(39,40)26-16-9-6-10-17-26)25-15-11-14-24(20-25)30(31,32)33/h5-17,20,22,27H,4,18-19,21H2,1-3H3,(H,34,38)/t27-/m0/s1. The Balaban J connectivity index is 2.06. The summed E-state index contributed by atoms with van der Waals surface area (Å²) in [6.07, 6.45) is -4.10. The summed E-state index contributed by atoms with van der Waals surface area (Å²) in [5.41, 5.74) is -0.477. The molecule has 1 N–H and O–H groups in total. The van der Waals surface area contributed by atoms with E-state index in [1.807, 2.05) is 30.3 Å². The highest BCUT2D eigenvalue weighted by atomic mass is 32.2. The van der Waals surface area contributed by atoms with Gasteiger partial charge >= 0.3 is 6.18 Å². The first-order chi connectivity index (χ1) is 19.3. The Hall–Kier alpha value is -3.86. The van der Waals surface area contributed by atoms with Gasteiger partial charge in [0.25, 0.3) is 10.0 Å². The van der Waals surface area contributed by atoms with E-state index in [1.165, 1.54) is 35.2 Å². The van der Waals surface area contributed by atoms with Gasteiger partial charge in [0.1, 0.15) is 12.6 Å². The SMILES string of the molecule is CC[C@@H](C(=O)NC(C)C)N(CCc1ccccc1)C(=O)CN(c1cccc(C(F)(F)F)c1)S(=O)(=O)c1ccccc1. The van der Waals surface area contributed by atoms with E-state index in [2.05, 4.69) is 5.32 Å². The number of benzene rings is 3. The maximum absolute atomic E-state index is 13.9. The number of anilines is 1. The quantitative estimate of drug-likeness (QED) is 0.312. The molecule has 0 aliphatic rings. The fraction of sp³-hybridized carbons (Fsp3) is 0.333. The van der Waals surface area contributed by atoms with Crippen LogP contribution < -0.4 is 9.62 Å². The molecule has 0 aromatic heterocycles. The molecule has 0 unspecified atom stereocenters. The molecule has 0 saturated heterocycles. The molecule has 0 heterocycles. The molecule has 0 fully saturated rings. The second-order valence-corrected chi connectivity index (χ2v) is 11.6. The van der Waals surface area contributed by atoms with Crippen LogP contribution in [0.15, 0.2) is 89.8 Å². The van der Waals surface area contributed by atoms with E-state index < -0.39 is 46.2 Å². The first-order valence-corrected chi connectivity index (χ1v) is 14.7. The molecule has 7 nitrogen and oxygen atoms in total. The smallest absolute Gasteiger partial charge is 0.352 e. The maximum Gasteiger partial charge on any atom is 0.416 e. The highest BCUT2D eigenvalue weighted by Gasteiger charge is 2.35. The average molecular weight is 590 g/mol. The molecule has 220 valence electrons. The summed E-state index contributed by atoms with van der Waals surface area (Å²) in [5.74, 6) is -1.12. The minimum Gasteiger partial charge on any atom is -0.352 e. The Morgan fingerprint density at radius 1 is 0.902 bits per heavy atom. The Morgan fingerprint density at radius 2 is 1.51 bits per heavy atom. The Kier molecular flexibility index (Phi) is 10.6. The highest BCUT2D eigenvalue weighted by molar-refractivity contribution is 7.92.